The fourth-order valence-corrected chi connectivity index (χ4v) is 3.19. The number of hydrogen-bond acceptors (Lipinski definition) is 5. The Labute approximate surface area is 141 Å². The van der Waals surface area contributed by atoms with Gasteiger partial charge in [-0.3, -0.25) is 0 Å². The molecule has 26 heavy (non-hydrogen) atoms. The highest BCUT2D eigenvalue weighted by atomic mass is 32.2. The van der Waals surface area contributed by atoms with Crippen LogP contribution in [0.15, 0.2) is 44.4 Å². The number of rotatable bonds is 3. The molecule has 0 N–H and O–H groups in total. The molecular formula is C15H5F5O5S. The van der Waals surface area contributed by atoms with Crippen molar-refractivity contribution in [2.45, 2.75) is 4.90 Å². The molecule has 0 saturated heterocycles. The molecule has 2 aromatic carbocycles. The molecule has 0 aliphatic carbocycles. The SMILES string of the molecule is O=c1cc(OS(=O)(=O)c2c(F)c(F)c(F)c(F)c2F)c2ccccc2o1. The predicted molar refractivity (Wildman–Crippen MR) is 76.5 cm³/mol. The maximum atomic E-state index is 13.7. The summed E-state index contributed by atoms with van der Waals surface area (Å²) in [7, 11) is -5.52. The van der Waals surface area contributed by atoms with Crippen molar-refractivity contribution in [3.05, 3.63) is 69.8 Å². The van der Waals surface area contributed by atoms with Gasteiger partial charge in [-0.05, 0) is 12.1 Å². The van der Waals surface area contributed by atoms with Crippen LogP contribution in [-0.2, 0) is 10.1 Å². The summed E-state index contributed by atoms with van der Waals surface area (Å²) in [5.74, 6) is -13.3. The van der Waals surface area contributed by atoms with Gasteiger partial charge in [0.25, 0.3) is 0 Å². The molecule has 0 aliphatic rings. The Hall–Kier alpha value is -2.95. The second kappa shape index (κ2) is 6.09. The van der Waals surface area contributed by atoms with Gasteiger partial charge in [-0.1, -0.05) is 12.1 Å². The van der Waals surface area contributed by atoms with E-state index in [4.69, 9.17) is 4.42 Å². The third kappa shape index (κ3) is 2.79. The second-order valence-electron chi connectivity index (χ2n) is 4.86. The van der Waals surface area contributed by atoms with Gasteiger partial charge in [0, 0.05) is 0 Å². The lowest BCUT2D eigenvalue weighted by molar-refractivity contribution is 0.352. The first-order valence-corrected chi connectivity index (χ1v) is 8.03. The lowest BCUT2D eigenvalue weighted by Gasteiger charge is -2.11. The van der Waals surface area contributed by atoms with E-state index < -0.39 is 55.5 Å². The molecule has 0 spiro atoms. The van der Waals surface area contributed by atoms with E-state index in [1.165, 1.54) is 24.3 Å². The summed E-state index contributed by atoms with van der Waals surface area (Å²) < 4.78 is 101. The molecule has 0 aliphatic heterocycles. The Bertz CT molecular complexity index is 1170. The van der Waals surface area contributed by atoms with Crippen LogP contribution >= 0.6 is 0 Å². The molecule has 5 nitrogen and oxygen atoms in total. The summed E-state index contributed by atoms with van der Waals surface area (Å²) in [6.07, 6.45) is 0. The normalized spacial score (nSPS) is 11.7. The molecule has 1 aromatic heterocycles. The zero-order chi connectivity index (χ0) is 19.2. The third-order valence-corrected chi connectivity index (χ3v) is 4.49. The van der Waals surface area contributed by atoms with Gasteiger partial charge in [0.1, 0.15) is 5.58 Å². The van der Waals surface area contributed by atoms with Crippen molar-refractivity contribution < 1.29 is 39.0 Å². The minimum Gasteiger partial charge on any atom is -0.422 e. The van der Waals surface area contributed by atoms with Gasteiger partial charge in [-0.2, -0.15) is 8.42 Å². The van der Waals surface area contributed by atoms with E-state index >= 15 is 0 Å². The van der Waals surface area contributed by atoms with Gasteiger partial charge in [-0.25, -0.2) is 26.7 Å². The molecule has 136 valence electrons. The van der Waals surface area contributed by atoms with Crippen LogP contribution in [0.4, 0.5) is 22.0 Å². The largest absolute Gasteiger partial charge is 0.422 e. The summed E-state index contributed by atoms with van der Waals surface area (Å²) >= 11 is 0. The van der Waals surface area contributed by atoms with Crippen molar-refractivity contribution in [2.24, 2.45) is 0 Å². The van der Waals surface area contributed by atoms with Crippen LogP contribution in [0, 0.1) is 29.1 Å². The Morgan fingerprint density at radius 1 is 0.846 bits per heavy atom. The van der Waals surface area contributed by atoms with E-state index in [0.29, 0.717) is 6.07 Å². The second-order valence-corrected chi connectivity index (χ2v) is 6.35. The first-order valence-electron chi connectivity index (χ1n) is 6.62. The summed E-state index contributed by atoms with van der Waals surface area (Å²) in [6, 6.07) is 5.91. The van der Waals surface area contributed by atoms with Crippen LogP contribution in [0.3, 0.4) is 0 Å². The number of hydrogen-bond donors (Lipinski definition) is 0. The van der Waals surface area contributed by atoms with Crippen LogP contribution < -0.4 is 9.81 Å². The zero-order valence-corrected chi connectivity index (χ0v) is 13.0. The summed E-state index contributed by atoms with van der Waals surface area (Å²) in [4.78, 5) is 9.28. The summed E-state index contributed by atoms with van der Waals surface area (Å²) in [6.45, 7) is 0. The van der Waals surface area contributed by atoms with Crippen LogP contribution in [0.1, 0.15) is 0 Å². The average molecular weight is 392 g/mol. The maximum Gasteiger partial charge on any atom is 0.345 e. The van der Waals surface area contributed by atoms with E-state index in [9.17, 15) is 35.2 Å². The molecule has 0 amide bonds. The molecule has 0 atom stereocenters. The van der Waals surface area contributed by atoms with Crippen molar-refractivity contribution in [3.63, 3.8) is 0 Å². The first-order chi connectivity index (χ1) is 12.1. The lowest BCUT2D eigenvalue weighted by Crippen LogP contribution is -2.18. The number of halogens is 5. The van der Waals surface area contributed by atoms with E-state index in [0.717, 1.165) is 0 Å². The standard InChI is InChI=1S/C15H5F5O5S/c16-10-11(17)13(19)15(14(20)12(10)18)26(22,23)25-8-5-9(21)24-7-4-2-1-3-6(7)8/h1-5H. The van der Waals surface area contributed by atoms with E-state index in [1.54, 1.807) is 0 Å². The van der Waals surface area contributed by atoms with E-state index in [-0.39, 0.29) is 11.0 Å². The number of para-hydroxylation sites is 1. The molecule has 0 unspecified atom stereocenters. The summed E-state index contributed by atoms with van der Waals surface area (Å²) in [5, 5.41) is -0.0838. The van der Waals surface area contributed by atoms with E-state index in [1.807, 2.05) is 0 Å². The van der Waals surface area contributed by atoms with Gasteiger partial charge in [0.05, 0.1) is 11.5 Å². The van der Waals surface area contributed by atoms with Crippen LogP contribution in [0.25, 0.3) is 11.0 Å². The van der Waals surface area contributed by atoms with E-state index in [2.05, 4.69) is 4.18 Å². The average Bonchev–Trinajstić information content (AvgIpc) is 2.57. The first kappa shape index (κ1) is 17.9. The fraction of sp³-hybridized carbons (Fsp3) is 0. The fourth-order valence-electron chi connectivity index (χ4n) is 2.11. The van der Waals surface area contributed by atoms with Crippen molar-refractivity contribution in [3.8, 4) is 5.75 Å². The number of fused-ring (bicyclic) bond motifs is 1. The monoisotopic (exact) mass is 392 g/mol. The molecule has 0 bridgehead atoms. The van der Waals surface area contributed by atoms with Crippen LogP contribution in [0.2, 0.25) is 0 Å². The van der Waals surface area contributed by atoms with Gasteiger partial charge < -0.3 is 8.60 Å². The Morgan fingerprint density at radius 2 is 1.38 bits per heavy atom. The van der Waals surface area contributed by atoms with Crippen LogP contribution in [0.5, 0.6) is 5.75 Å². The van der Waals surface area contributed by atoms with Crippen LogP contribution in [-0.4, -0.2) is 8.42 Å². The highest BCUT2D eigenvalue weighted by Crippen LogP contribution is 2.31. The highest BCUT2D eigenvalue weighted by Gasteiger charge is 2.35. The smallest absolute Gasteiger partial charge is 0.345 e. The number of benzene rings is 2. The molecule has 1 heterocycles. The highest BCUT2D eigenvalue weighted by molar-refractivity contribution is 7.87. The van der Waals surface area contributed by atoms with Crippen molar-refractivity contribution in [2.75, 3.05) is 0 Å². The minimum atomic E-state index is -5.52. The van der Waals surface area contributed by atoms with Gasteiger partial charge >= 0.3 is 15.7 Å². The lowest BCUT2D eigenvalue weighted by atomic mass is 10.2. The molecule has 0 fully saturated rings. The predicted octanol–water partition coefficient (Wildman–Crippen LogP) is 3.26. The third-order valence-electron chi connectivity index (χ3n) is 3.23. The van der Waals surface area contributed by atoms with Crippen molar-refractivity contribution in [1.82, 2.24) is 0 Å². The maximum absolute atomic E-state index is 13.7. The minimum absolute atomic E-state index is 0.0838. The molecule has 11 heteroatoms. The van der Waals surface area contributed by atoms with Gasteiger partial charge in [0.2, 0.25) is 5.82 Å². The van der Waals surface area contributed by atoms with Crippen molar-refractivity contribution >= 4 is 21.1 Å². The Morgan fingerprint density at radius 3 is 2.00 bits per heavy atom. The Kier molecular flexibility index (Phi) is 4.18. The molecule has 0 radical (unpaired) electrons. The molecular weight excluding hydrogens is 387 g/mol. The van der Waals surface area contributed by atoms with Gasteiger partial charge in [-0.15, -0.1) is 0 Å². The topological polar surface area (TPSA) is 73.6 Å². The molecule has 0 saturated carbocycles. The molecule has 3 aromatic rings. The quantitative estimate of drug-likeness (QED) is 0.225. The molecule has 3 rings (SSSR count). The summed E-state index contributed by atoms with van der Waals surface area (Å²) in [5.41, 5.74) is -1.19. The van der Waals surface area contributed by atoms with Crippen molar-refractivity contribution in [1.29, 1.82) is 0 Å². The van der Waals surface area contributed by atoms with Gasteiger partial charge in [0.15, 0.2) is 33.9 Å². The Balaban J connectivity index is 2.23. The zero-order valence-electron chi connectivity index (χ0n) is 12.2.